The zero-order chi connectivity index (χ0) is 13.7. The first-order valence-electron chi connectivity index (χ1n) is 6.25. The molecule has 0 heterocycles. The predicted octanol–water partition coefficient (Wildman–Crippen LogP) is 2.39. The van der Waals surface area contributed by atoms with Crippen molar-refractivity contribution < 1.29 is 4.79 Å². The third kappa shape index (κ3) is 3.51. The molecule has 1 amide bonds. The molecule has 98 valence electrons. The Balaban J connectivity index is 2.13. The second-order valence-electron chi connectivity index (χ2n) is 4.22. The van der Waals surface area contributed by atoms with Gasteiger partial charge >= 0.3 is 0 Å². The Labute approximate surface area is 118 Å². The van der Waals surface area contributed by atoms with Gasteiger partial charge in [-0.25, -0.2) is 0 Å². The number of carbonyl (C=O) groups excluding carboxylic acids is 1. The highest BCUT2D eigenvalue weighted by Crippen LogP contribution is 2.18. The maximum atomic E-state index is 11.9. The zero-order valence-corrected chi connectivity index (χ0v) is 11.6. The molecule has 2 rings (SSSR count). The molecule has 0 spiro atoms. The van der Waals surface area contributed by atoms with Crippen LogP contribution in [0.4, 0.5) is 0 Å². The maximum Gasteiger partial charge on any atom is 0.230 e. The molecule has 0 aliphatic carbocycles. The van der Waals surface area contributed by atoms with Crippen LogP contribution in [-0.2, 0) is 11.2 Å². The van der Waals surface area contributed by atoms with Crippen molar-refractivity contribution in [2.24, 2.45) is 0 Å². The van der Waals surface area contributed by atoms with Crippen LogP contribution in [0.2, 0.25) is 0 Å². The molecule has 2 N–H and O–H groups in total. The molecule has 0 saturated heterocycles. The van der Waals surface area contributed by atoms with Gasteiger partial charge in [0.1, 0.15) is 0 Å². The van der Waals surface area contributed by atoms with Gasteiger partial charge in [-0.05, 0) is 35.5 Å². The van der Waals surface area contributed by atoms with E-state index in [4.69, 9.17) is 12.2 Å². The topological polar surface area (TPSA) is 41.1 Å². The van der Waals surface area contributed by atoms with E-state index in [1.807, 2.05) is 49.4 Å². The molecular formula is C15H16N2OS. The van der Waals surface area contributed by atoms with E-state index in [9.17, 15) is 4.79 Å². The largest absolute Gasteiger partial charge is 0.363 e. The van der Waals surface area contributed by atoms with Crippen LogP contribution in [0.25, 0.3) is 10.8 Å². The number of carbonyl (C=O) groups is 1. The molecular weight excluding hydrogens is 256 g/mol. The standard InChI is InChI=1S/C15H16N2OS/c1-2-16-15(19)17-14(18)10-12-8-5-7-11-6-3-4-9-13(11)12/h3-9H,2,10H2,1H3,(H2,16,17,18,19). The van der Waals surface area contributed by atoms with Gasteiger partial charge in [-0.1, -0.05) is 42.5 Å². The van der Waals surface area contributed by atoms with Gasteiger partial charge in [-0.2, -0.15) is 0 Å². The molecule has 0 radical (unpaired) electrons. The van der Waals surface area contributed by atoms with Crippen LogP contribution in [0.15, 0.2) is 42.5 Å². The summed E-state index contributed by atoms with van der Waals surface area (Å²) in [7, 11) is 0. The van der Waals surface area contributed by atoms with Gasteiger partial charge in [0.05, 0.1) is 6.42 Å². The van der Waals surface area contributed by atoms with Gasteiger partial charge in [0.2, 0.25) is 5.91 Å². The minimum absolute atomic E-state index is 0.0951. The smallest absolute Gasteiger partial charge is 0.230 e. The molecule has 0 unspecified atom stereocenters. The Hall–Kier alpha value is -1.94. The molecule has 2 aromatic rings. The summed E-state index contributed by atoms with van der Waals surface area (Å²) in [6.07, 6.45) is 0.326. The Morgan fingerprint density at radius 1 is 1.16 bits per heavy atom. The average Bonchev–Trinajstić information content (AvgIpc) is 2.39. The van der Waals surface area contributed by atoms with E-state index in [1.165, 1.54) is 0 Å². The highest BCUT2D eigenvalue weighted by Gasteiger charge is 2.07. The fraction of sp³-hybridized carbons (Fsp3) is 0.200. The Bertz CT molecular complexity index is 605. The van der Waals surface area contributed by atoms with Gasteiger partial charge in [0.25, 0.3) is 0 Å². The first-order valence-corrected chi connectivity index (χ1v) is 6.66. The van der Waals surface area contributed by atoms with E-state index in [1.54, 1.807) is 0 Å². The molecule has 0 bridgehead atoms. The molecule has 0 saturated carbocycles. The van der Waals surface area contributed by atoms with Crippen molar-refractivity contribution in [1.29, 1.82) is 0 Å². The maximum absolute atomic E-state index is 11.9. The predicted molar refractivity (Wildman–Crippen MR) is 82.1 cm³/mol. The molecule has 0 atom stereocenters. The highest BCUT2D eigenvalue weighted by atomic mass is 32.1. The third-order valence-electron chi connectivity index (χ3n) is 2.82. The highest BCUT2D eigenvalue weighted by molar-refractivity contribution is 7.80. The van der Waals surface area contributed by atoms with E-state index >= 15 is 0 Å². The van der Waals surface area contributed by atoms with Crippen molar-refractivity contribution in [1.82, 2.24) is 10.6 Å². The number of rotatable bonds is 3. The number of hydrogen-bond acceptors (Lipinski definition) is 2. The fourth-order valence-corrected chi connectivity index (χ4v) is 2.25. The summed E-state index contributed by atoms with van der Waals surface area (Å²) in [5.74, 6) is -0.0951. The summed E-state index contributed by atoms with van der Waals surface area (Å²) >= 11 is 5.00. The van der Waals surface area contributed by atoms with Crippen molar-refractivity contribution in [3.05, 3.63) is 48.0 Å². The average molecular weight is 272 g/mol. The lowest BCUT2D eigenvalue weighted by Gasteiger charge is -2.09. The monoisotopic (exact) mass is 272 g/mol. The number of fused-ring (bicyclic) bond motifs is 1. The third-order valence-corrected chi connectivity index (χ3v) is 3.07. The SMILES string of the molecule is CCNC(=S)NC(=O)Cc1cccc2ccccc12. The summed E-state index contributed by atoms with van der Waals surface area (Å²) in [5.41, 5.74) is 1.01. The van der Waals surface area contributed by atoms with E-state index in [2.05, 4.69) is 10.6 Å². The van der Waals surface area contributed by atoms with Crippen molar-refractivity contribution in [3.63, 3.8) is 0 Å². The van der Waals surface area contributed by atoms with Crippen molar-refractivity contribution in [2.75, 3.05) is 6.54 Å². The van der Waals surface area contributed by atoms with Crippen molar-refractivity contribution in [2.45, 2.75) is 13.3 Å². The fourth-order valence-electron chi connectivity index (χ4n) is 2.00. The van der Waals surface area contributed by atoms with Crippen LogP contribution in [0.3, 0.4) is 0 Å². The molecule has 4 heteroatoms. The zero-order valence-electron chi connectivity index (χ0n) is 10.8. The normalized spacial score (nSPS) is 10.2. The lowest BCUT2D eigenvalue weighted by atomic mass is 10.0. The van der Waals surface area contributed by atoms with Gasteiger partial charge in [-0.3, -0.25) is 4.79 Å². The number of hydrogen-bond donors (Lipinski definition) is 2. The number of nitrogens with one attached hydrogen (secondary N) is 2. The van der Waals surface area contributed by atoms with E-state index in [0.717, 1.165) is 16.3 Å². The summed E-state index contributed by atoms with van der Waals surface area (Å²) in [5, 5.41) is 8.20. The number of amides is 1. The van der Waals surface area contributed by atoms with Gasteiger partial charge in [0, 0.05) is 6.54 Å². The molecule has 0 aliphatic rings. The second kappa shape index (κ2) is 6.29. The van der Waals surface area contributed by atoms with Crippen LogP contribution in [0.1, 0.15) is 12.5 Å². The summed E-state index contributed by atoms with van der Waals surface area (Å²) in [6.45, 7) is 2.64. The Morgan fingerprint density at radius 2 is 1.89 bits per heavy atom. The van der Waals surface area contributed by atoms with Crippen LogP contribution >= 0.6 is 12.2 Å². The molecule has 0 fully saturated rings. The lowest BCUT2D eigenvalue weighted by Crippen LogP contribution is -2.39. The molecule has 0 aromatic heterocycles. The Morgan fingerprint density at radius 3 is 2.68 bits per heavy atom. The van der Waals surface area contributed by atoms with Gasteiger partial charge < -0.3 is 10.6 Å². The van der Waals surface area contributed by atoms with Crippen LogP contribution in [0, 0.1) is 0 Å². The first-order chi connectivity index (χ1) is 9.20. The van der Waals surface area contributed by atoms with E-state index in [-0.39, 0.29) is 5.91 Å². The van der Waals surface area contributed by atoms with E-state index < -0.39 is 0 Å². The van der Waals surface area contributed by atoms with Crippen molar-refractivity contribution >= 4 is 34.0 Å². The van der Waals surface area contributed by atoms with Crippen LogP contribution in [-0.4, -0.2) is 17.6 Å². The Kier molecular flexibility index (Phi) is 4.47. The number of benzene rings is 2. The summed E-state index contributed by atoms with van der Waals surface area (Å²) < 4.78 is 0. The summed E-state index contributed by atoms with van der Waals surface area (Å²) in [6, 6.07) is 14.0. The van der Waals surface area contributed by atoms with Gasteiger partial charge in [-0.15, -0.1) is 0 Å². The minimum Gasteiger partial charge on any atom is -0.363 e. The quantitative estimate of drug-likeness (QED) is 0.843. The molecule has 19 heavy (non-hydrogen) atoms. The lowest BCUT2D eigenvalue weighted by molar-refractivity contribution is -0.119. The summed E-state index contributed by atoms with van der Waals surface area (Å²) in [4.78, 5) is 11.9. The van der Waals surface area contributed by atoms with Crippen LogP contribution < -0.4 is 10.6 Å². The molecule has 0 aliphatic heterocycles. The minimum atomic E-state index is -0.0951. The van der Waals surface area contributed by atoms with E-state index in [0.29, 0.717) is 18.1 Å². The van der Waals surface area contributed by atoms with Crippen LogP contribution in [0.5, 0.6) is 0 Å². The van der Waals surface area contributed by atoms with Crippen molar-refractivity contribution in [3.8, 4) is 0 Å². The number of thiocarbonyl (C=S) groups is 1. The van der Waals surface area contributed by atoms with Gasteiger partial charge in [0.15, 0.2) is 5.11 Å². The first kappa shape index (κ1) is 13.5. The molecule has 3 nitrogen and oxygen atoms in total. The second-order valence-corrected chi connectivity index (χ2v) is 4.63. The molecule has 2 aromatic carbocycles.